The molecule has 0 saturated carbocycles. The maximum atomic E-state index is 14.2. The van der Waals surface area contributed by atoms with E-state index in [1.807, 2.05) is 30.0 Å². The van der Waals surface area contributed by atoms with E-state index >= 15 is 0 Å². The zero-order valence-electron chi connectivity index (χ0n) is 25.0. The first kappa shape index (κ1) is 31.2. The number of piperazine rings is 1. The molecular weight excluding hydrogens is 543 g/mol. The number of amides is 3. The minimum Gasteiger partial charge on any atom is -0.497 e. The summed E-state index contributed by atoms with van der Waals surface area (Å²) >= 11 is 0. The molecule has 0 spiro atoms. The van der Waals surface area contributed by atoms with Crippen LogP contribution in [0.3, 0.4) is 0 Å². The third-order valence-electron chi connectivity index (χ3n) is 8.90. The Bertz CT molecular complexity index is 1360. The van der Waals surface area contributed by atoms with Crippen molar-refractivity contribution in [3.8, 4) is 5.75 Å². The first-order valence-electron chi connectivity index (χ1n) is 14.2. The van der Waals surface area contributed by atoms with Crippen LogP contribution >= 0.6 is 0 Å². The molecule has 0 aliphatic carbocycles. The summed E-state index contributed by atoms with van der Waals surface area (Å²) in [4.78, 5) is 33.3. The number of carbonyl (C=O) groups is 2. The predicted molar refractivity (Wildman–Crippen MR) is 157 cm³/mol. The number of nitrogens with zero attached hydrogens (tertiary/aromatic N) is 3. The van der Waals surface area contributed by atoms with Gasteiger partial charge >= 0.3 is 12.2 Å². The van der Waals surface area contributed by atoms with E-state index in [1.54, 1.807) is 51.1 Å². The van der Waals surface area contributed by atoms with Crippen molar-refractivity contribution in [3.63, 3.8) is 0 Å². The third-order valence-corrected chi connectivity index (χ3v) is 8.90. The van der Waals surface area contributed by atoms with Gasteiger partial charge in [0.15, 0.2) is 0 Å². The van der Waals surface area contributed by atoms with E-state index in [1.165, 1.54) is 4.90 Å². The van der Waals surface area contributed by atoms with Gasteiger partial charge in [-0.3, -0.25) is 4.79 Å². The summed E-state index contributed by atoms with van der Waals surface area (Å²) in [5.74, 6) is 0.722. The van der Waals surface area contributed by atoms with Gasteiger partial charge in [-0.05, 0) is 81.0 Å². The van der Waals surface area contributed by atoms with Crippen LogP contribution in [0, 0.1) is 19.3 Å². The van der Waals surface area contributed by atoms with Crippen molar-refractivity contribution in [1.82, 2.24) is 14.7 Å². The number of carbonyl (C=O) groups excluding carboxylic acids is 2. The Morgan fingerprint density at radius 1 is 1.14 bits per heavy atom. The number of aryl methyl sites for hydroxylation is 2. The Labute approximate surface area is 246 Å². The molecule has 226 valence electrons. The largest absolute Gasteiger partial charge is 0.497 e. The monoisotopic (exact) mass is 583 g/mol. The first-order valence-corrected chi connectivity index (χ1v) is 14.2. The lowest BCUT2D eigenvalue weighted by atomic mass is 9.76. The van der Waals surface area contributed by atoms with Gasteiger partial charge in [-0.1, -0.05) is 29.8 Å². The molecule has 3 amide bonds. The zero-order valence-corrected chi connectivity index (χ0v) is 25.0. The molecule has 6 nitrogen and oxygen atoms in total. The molecule has 9 heteroatoms. The number of fused-ring (bicyclic) bond motifs is 1. The summed E-state index contributed by atoms with van der Waals surface area (Å²) in [6.07, 6.45) is 0.564. The van der Waals surface area contributed by atoms with Crippen LogP contribution in [0.25, 0.3) is 0 Å². The molecule has 3 atom stereocenters. The SMILES string of the molecule is C=CCC1(CC=C)C[C@H]2[C@H](c3ccc(OC)cc3C)N(C(=O)N(C)[C@H](C)c3cc(C)cc(C(F)(F)F)c3)CCN2C1=O. The van der Waals surface area contributed by atoms with Crippen LogP contribution in [0.4, 0.5) is 18.0 Å². The topological polar surface area (TPSA) is 53.1 Å². The Morgan fingerprint density at radius 3 is 2.38 bits per heavy atom. The molecule has 2 aliphatic heterocycles. The summed E-state index contributed by atoms with van der Waals surface area (Å²) in [6, 6.07) is 7.90. The molecule has 0 aromatic heterocycles. The Morgan fingerprint density at radius 2 is 1.81 bits per heavy atom. The fourth-order valence-corrected chi connectivity index (χ4v) is 6.65. The van der Waals surface area contributed by atoms with Crippen LogP contribution in [0.15, 0.2) is 61.7 Å². The smallest absolute Gasteiger partial charge is 0.416 e. The molecule has 0 bridgehead atoms. The van der Waals surface area contributed by atoms with E-state index in [4.69, 9.17) is 4.74 Å². The van der Waals surface area contributed by atoms with Crippen LogP contribution in [0.5, 0.6) is 5.75 Å². The summed E-state index contributed by atoms with van der Waals surface area (Å²) in [5.41, 5.74) is 1.27. The second-order valence-electron chi connectivity index (χ2n) is 11.6. The number of halogens is 3. The van der Waals surface area contributed by atoms with Crippen LogP contribution in [-0.4, -0.2) is 59.9 Å². The molecule has 2 aromatic rings. The van der Waals surface area contributed by atoms with Crippen molar-refractivity contribution < 1.29 is 27.5 Å². The number of rotatable bonds is 8. The van der Waals surface area contributed by atoms with Crippen LogP contribution < -0.4 is 4.74 Å². The summed E-state index contributed by atoms with van der Waals surface area (Å²) < 4.78 is 46.2. The normalized spacial score (nSPS) is 20.6. The van der Waals surface area contributed by atoms with Crippen molar-refractivity contribution in [3.05, 3.63) is 89.5 Å². The average molecular weight is 584 g/mol. The first-order chi connectivity index (χ1) is 19.8. The van der Waals surface area contributed by atoms with Gasteiger partial charge in [0.2, 0.25) is 5.91 Å². The number of ether oxygens (including phenoxy) is 1. The minimum atomic E-state index is -4.49. The quantitative estimate of drug-likeness (QED) is 0.308. The summed E-state index contributed by atoms with van der Waals surface area (Å²) in [7, 11) is 3.21. The van der Waals surface area contributed by atoms with E-state index in [2.05, 4.69) is 13.2 Å². The van der Waals surface area contributed by atoms with E-state index in [9.17, 15) is 22.8 Å². The molecule has 0 unspecified atom stereocenters. The van der Waals surface area contributed by atoms with Gasteiger partial charge in [0.1, 0.15) is 5.75 Å². The maximum absolute atomic E-state index is 14.2. The zero-order chi connectivity index (χ0) is 31.0. The maximum Gasteiger partial charge on any atom is 0.416 e. The molecule has 4 rings (SSSR count). The van der Waals surface area contributed by atoms with Gasteiger partial charge in [0, 0.05) is 20.1 Å². The highest BCUT2D eigenvalue weighted by Gasteiger charge is 2.56. The van der Waals surface area contributed by atoms with E-state index in [0.29, 0.717) is 42.7 Å². The third kappa shape index (κ3) is 5.65. The van der Waals surface area contributed by atoms with Crippen molar-refractivity contribution in [2.75, 3.05) is 27.2 Å². The van der Waals surface area contributed by atoms with Gasteiger partial charge in [-0.15, -0.1) is 13.2 Å². The Kier molecular flexibility index (Phi) is 8.81. The Hall–Kier alpha value is -3.75. The van der Waals surface area contributed by atoms with Crippen molar-refractivity contribution in [2.45, 2.75) is 64.3 Å². The highest BCUT2D eigenvalue weighted by atomic mass is 19.4. The van der Waals surface area contributed by atoms with E-state index < -0.39 is 29.2 Å². The number of allylic oxidation sites excluding steroid dienone is 2. The second-order valence-corrected chi connectivity index (χ2v) is 11.6. The van der Waals surface area contributed by atoms with Crippen LogP contribution in [-0.2, 0) is 11.0 Å². The molecule has 42 heavy (non-hydrogen) atoms. The highest BCUT2D eigenvalue weighted by Crippen LogP contribution is 2.50. The highest BCUT2D eigenvalue weighted by molar-refractivity contribution is 5.87. The van der Waals surface area contributed by atoms with Crippen molar-refractivity contribution >= 4 is 11.9 Å². The second kappa shape index (κ2) is 11.9. The summed E-state index contributed by atoms with van der Waals surface area (Å²) in [6.45, 7) is 13.7. The minimum absolute atomic E-state index is 0.0386. The van der Waals surface area contributed by atoms with Crippen LogP contribution in [0.2, 0.25) is 0 Å². The molecule has 2 fully saturated rings. The molecule has 0 N–H and O–H groups in total. The van der Waals surface area contributed by atoms with Gasteiger partial charge in [-0.2, -0.15) is 13.2 Å². The lowest BCUT2D eigenvalue weighted by Gasteiger charge is -2.47. The Balaban J connectivity index is 1.75. The fourth-order valence-electron chi connectivity index (χ4n) is 6.65. The molecule has 2 aliphatic rings. The lowest BCUT2D eigenvalue weighted by Crippen LogP contribution is -2.57. The molecule has 2 saturated heterocycles. The van der Waals surface area contributed by atoms with Gasteiger partial charge in [-0.25, -0.2) is 4.79 Å². The number of hydrogen-bond acceptors (Lipinski definition) is 3. The summed E-state index contributed by atoms with van der Waals surface area (Å²) in [5, 5.41) is 0. The van der Waals surface area contributed by atoms with Gasteiger partial charge < -0.3 is 19.4 Å². The standard InChI is InChI=1S/C33H40F3N3O3/c1-8-12-32(13-9-2)20-28-29(27-11-10-26(42-7)18-22(27)4)39(15-14-38(28)30(32)40)31(41)37(6)23(5)24-16-21(3)17-25(19-24)33(34,35)36/h8-11,16-19,23,28-29H,1-2,12-15,20H2,3-7H3/t23-,28+,29+/m1/s1. The predicted octanol–water partition coefficient (Wildman–Crippen LogP) is 7.24. The number of benzene rings is 2. The van der Waals surface area contributed by atoms with Crippen LogP contribution in [0.1, 0.15) is 66.1 Å². The number of alkyl halides is 3. The number of urea groups is 1. The molecule has 2 heterocycles. The van der Waals surface area contributed by atoms with Crippen molar-refractivity contribution in [1.29, 1.82) is 0 Å². The number of hydrogen-bond donors (Lipinski definition) is 0. The van der Waals surface area contributed by atoms with Gasteiger partial charge in [0.05, 0.1) is 36.2 Å². The number of methoxy groups -OCH3 is 1. The van der Waals surface area contributed by atoms with E-state index in [-0.39, 0.29) is 24.5 Å². The van der Waals surface area contributed by atoms with Crippen molar-refractivity contribution in [2.24, 2.45) is 5.41 Å². The molecule has 2 aromatic carbocycles. The molecule has 0 radical (unpaired) electrons. The lowest BCUT2D eigenvalue weighted by molar-refractivity contribution is -0.139. The fraction of sp³-hybridized carbons (Fsp3) is 0.455. The van der Waals surface area contributed by atoms with E-state index in [0.717, 1.165) is 23.3 Å². The average Bonchev–Trinajstić information content (AvgIpc) is 3.21. The van der Waals surface area contributed by atoms with Gasteiger partial charge in [0.25, 0.3) is 0 Å². The molecular formula is C33H40F3N3O3.